The maximum absolute atomic E-state index is 12.8. The number of ether oxygens (including phenoxy) is 1. The average Bonchev–Trinajstić information content (AvgIpc) is 2.58. The van der Waals surface area contributed by atoms with Crippen molar-refractivity contribution in [2.45, 2.75) is 32.8 Å². The van der Waals surface area contributed by atoms with Crippen LogP contribution in [0.15, 0.2) is 29.3 Å². The van der Waals surface area contributed by atoms with Crippen LogP contribution in [-0.4, -0.2) is 54.9 Å². The number of hydrogen-bond donors (Lipinski definition) is 2. The molecule has 1 aliphatic rings. The summed E-state index contributed by atoms with van der Waals surface area (Å²) in [5.41, 5.74) is 0. The highest BCUT2D eigenvalue weighted by Crippen LogP contribution is 2.15. The van der Waals surface area contributed by atoms with Crippen molar-refractivity contribution in [3.8, 4) is 5.75 Å². The van der Waals surface area contributed by atoms with Gasteiger partial charge in [0.05, 0.1) is 6.54 Å². The molecule has 5 nitrogen and oxygen atoms in total. The number of benzene rings is 1. The van der Waals surface area contributed by atoms with E-state index in [0.717, 1.165) is 25.6 Å². The normalized spacial score (nSPS) is 19.1. The van der Waals surface area contributed by atoms with Gasteiger partial charge in [-0.15, -0.1) is 24.0 Å². The van der Waals surface area contributed by atoms with E-state index in [4.69, 9.17) is 4.74 Å². The molecule has 7 heteroatoms. The molecule has 0 spiro atoms. The van der Waals surface area contributed by atoms with Crippen molar-refractivity contribution in [2.24, 2.45) is 10.9 Å². The summed E-state index contributed by atoms with van der Waals surface area (Å²) in [6.07, 6.45) is 1.72. The molecule has 142 valence electrons. The van der Waals surface area contributed by atoms with Gasteiger partial charge in [-0.25, -0.2) is 4.39 Å². The standard InChI is InChI=1S/C18H28FN3O2.HI/c1-3-20-18(22-10-4-5-14(2)12-22)21-11-16(23)13-24-17-8-6-15(19)7-9-17;/h6-9,14,16,23H,3-5,10-13H2,1-2H3,(H,20,21);1H. The Bertz CT molecular complexity index is 528. The van der Waals surface area contributed by atoms with Gasteiger partial charge in [-0.1, -0.05) is 6.92 Å². The monoisotopic (exact) mass is 465 g/mol. The number of nitrogens with one attached hydrogen (secondary N) is 1. The number of nitrogens with zero attached hydrogens (tertiary/aromatic N) is 2. The molecule has 2 rings (SSSR count). The van der Waals surface area contributed by atoms with Crippen LogP contribution >= 0.6 is 24.0 Å². The lowest BCUT2D eigenvalue weighted by Gasteiger charge is -2.33. The van der Waals surface area contributed by atoms with Gasteiger partial charge < -0.3 is 20.1 Å². The highest BCUT2D eigenvalue weighted by molar-refractivity contribution is 14.0. The minimum atomic E-state index is -0.703. The fraction of sp³-hybridized carbons (Fsp3) is 0.611. The van der Waals surface area contributed by atoms with Gasteiger partial charge in [0.1, 0.15) is 24.3 Å². The van der Waals surface area contributed by atoms with Crippen LogP contribution in [0.3, 0.4) is 0 Å². The van der Waals surface area contributed by atoms with E-state index >= 15 is 0 Å². The Balaban J connectivity index is 0.00000312. The molecule has 1 heterocycles. The molecule has 1 fully saturated rings. The number of likely N-dealkylation sites (tertiary alicyclic amines) is 1. The molecule has 0 bridgehead atoms. The first kappa shape index (κ1) is 22.0. The number of piperidine rings is 1. The predicted octanol–water partition coefficient (Wildman–Crippen LogP) is 2.88. The molecule has 1 saturated heterocycles. The molecule has 1 aromatic carbocycles. The zero-order chi connectivity index (χ0) is 17.4. The average molecular weight is 465 g/mol. The van der Waals surface area contributed by atoms with E-state index in [1.54, 1.807) is 12.1 Å². The molecular weight excluding hydrogens is 436 g/mol. The van der Waals surface area contributed by atoms with Crippen LogP contribution in [-0.2, 0) is 0 Å². The van der Waals surface area contributed by atoms with E-state index in [0.29, 0.717) is 11.7 Å². The molecule has 25 heavy (non-hydrogen) atoms. The Morgan fingerprint density at radius 2 is 2.16 bits per heavy atom. The van der Waals surface area contributed by atoms with Crippen molar-refractivity contribution in [3.05, 3.63) is 30.1 Å². The summed E-state index contributed by atoms with van der Waals surface area (Å²) in [5.74, 6) is 1.74. The van der Waals surface area contributed by atoms with Crippen LogP contribution in [0.5, 0.6) is 5.75 Å². The van der Waals surface area contributed by atoms with Crippen molar-refractivity contribution in [1.29, 1.82) is 0 Å². The van der Waals surface area contributed by atoms with Gasteiger partial charge in [-0.05, 0) is 49.9 Å². The van der Waals surface area contributed by atoms with Crippen molar-refractivity contribution in [3.63, 3.8) is 0 Å². The fourth-order valence-corrected chi connectivity index (χ4v) is 2.78. The lowest BCUT2D eigenvalue weighted by Crippen LogP contribution is -2.46. The number of aliphatic hydroxyl groups excluding tert-OH is 1. The second-order valence-corrected chi connectivity index (χ2v) is 6.31. The Labute approximate surface area is 166 Å². The molecule has 2 N–H and O–H groups in total. The second-order valence-electron chi connectivity index (χ2n) is 6.31. The van der Waals surface area contributed by atoms with Crippen LogP contribution in [0.1, 0.15) is 26.7 Å². The van der Waals surface area contributed by atoms with Gasteiger partial charge in [-0.3, -0.25) is 4.99 Å². The number of rotatable bonds is 6. The van der Waals surface area contributed by atoms with E-state index in [9.17, 15) is 9.50 Å². The van der Waals surface area contributed by atoms with Crippen LogP contribution in [0.25, 0.3) is 0 Å². The van der Waals surface area contributed by atoms with Gasteiger partial charge in [0.25, 0.3) is 0 Å². The van der Waals surface area contributed by atoms with Crippen LogP contribution in [0.2, 0.25) is 0 Å². The zero-order valence-electron chi connectivity index (χ0n) is 14.9. The summed E-state index contributed by atoms with van der Waals surface area (Å²) in [5, 5.41) is 13.4. The summed E-state index contributed by atoms with van der Waals surface area (Å²) in [6.45, 7) is 7.48. The largest absolute Gasteiger partial charge is 0.491 e. The molecular formula is C18H29FIN3O2. The fourth-order valence-electron chi connectivity index (χ4n) is 2.78. The molecule has 2 unspecified atom stereocenters. The van der Waals surface area contributed by atoms with Gasteiger partial charge in [0.2, 0.25) is 0 Å². The zero-order valence-corrected chi connectivity index (χ0v) is 17.3. The summed E-state index contributed by atoms with van der Waals surface area (Å²) in [4.78, 5) is 6.79. The van der Waals surface area contributed by atoms with Crippen LogP contribution in [0.4, 0.5) is 4.39 Å². The quantitative estimate of drug-likeness (QED) is 0.386. The molecule has 0 aromatic heterocycles. The Kier molecular flexibility index (Phi) is 10.1. The number of aliphatic hydroxyl groups is 1. The topological polar surface area (TPSA) is 57.1 Å². The van der Waals surface area contributed by atoms with Crippen LogP contribution in [0, 0.1) is 11.7 Å². The van der Waals surface area contributed by atoms with Crippen molar-refractivity contribution in [1.82, 2.24) is 10.2 Å². The minimum Gasteiger partial charge on any atom is -0.491 e. The molecule has 0 aliphatic carbocycles. The lowest BCUT2D eigenvalue weighted by atomic mass is 10.0. The molecule has 0 saturated carbocycles. The predicted molar refractivity (Wildman–Crippen MR) is 109 cm³/mol. The third kappa shape index (κ3) is 7.77. The first-order valence-corrected chi connectivity index (χ1v) is 8.68. The van der Waals surface area contributed by atoms with E-state index in [1.807, 2.05) is 6.92 Å². The van der Waals surface area contributed by atoms with E-state index in [2.05, 4.69) is 22.1 Å². The first-order chi connectivity index (χ1) is 11.6. The highest BCUT2D eigenvalue weighted by atomic mass is 127. The first-order valence-electron chi connectivity index (χ1n) is 8.68. The maximum Gasteiger partial charge on any atom is 0.194 e. The summed E-state index contributed by atoms with van der Waals surface area (Å²) in [6, 6.07) is 5.76. The van der Waals surface area contributed by atoms with Crippen LogP contribution < -0.4 is 10.1 Å². The van der Waals surface area contributed by atoms with E-state index in [-0.39, 0.29) is 42.9 Å². The van der Waals surface area contributed by atoms with Gasteiger partial charge >= 0.3 is 0 Å². The van der Waals surface area contributed by atoms with Gasteiger partial charge in [-0.2, -0.15) is 0 Å². The third-order valence-corrected chi connectivity index (χ3v) is 4.00. The second kappa shape index (κ2) is 11.5. The molecule has 1 aromatic rings. The molecule has 2 atom stereocenters. The van der Waals surface area contributed by atoms with Crippen molar-refractivity contribution in [2.75, 3.05) is 32.8 Å². The maximum atomic E-state index is 12.8. The smallest absolute Gasteiger partial charge is 0.194 e. The van der Waals surface area contributed by atoms with Crippen molar-refractivity contribution < 1.29 is 14.2 Å². The van der Waals surface area contributed by atoms with E-state index in [1.165, 1.54) is 25.0 Å². The molecule has 0 radical (unpaired) electrons. The van der Waals surface area contributed by atoms with Gasteiger partial charge in [0.15, 0.2) is 5.96 Å². The Hall–Kier alpha value is -1.09. The third-order valence-electron chi connectivity index (χ3n) is 4.00. The number of hydrogen-bond acceptors (Lipinski definition) is 3. The minimum absolute atomic E-state index is 0. The SMILES string of the molecule is CCNC(=NCC(O)COc1ccc(F)cc1)N1CCCC(C)C1.I. The summed E-state index contributed by atoms with van der Waals surface area (Å²) < 4.78 is 18.3. The number of guanidine groups is 1. The number of aliphatic imine (C=N–C) groups is 1. The Morgan fingerprint density at radius 1 is 1.44 bits per heavy atom. The lowest BCUT2D eigenvalue weighted by molar-refractivity contribution is 0.114. The Morgan fingerprint density at radius 3 is 2.80 bits per heavy atom. The molecule has 0 amide bonds. The van der Waals surface area contributed by atoms with Crippen molar-refractivity contribution >= 4 is 29.9 Å². The van der Waals surface area contributed by atoms with E-state index < -0.39 is 6.10 Å². The molecule has 1 aliphatic heterocycles. The highest BCUT2D eigenvalue weighted by Gasteiger charge is 2.19. The summed E-state index contributed by atoms with van der Waals surface area (Å²) >= 11 is 0. The summed E-state index contributed by atoms with van der Waals surface area (Å²) in [7, 11) is 0. The van der Waals surface area contributed by atoms with Gasteiger partial charge in [0, 0.05) is 19.6 Å². The number of halogens is 2.